The molecule has 5 rings (SSSR count). The lowest BCUT2D eigenvalue weighted by Crippen LogP contribution is -2.49. The molecule has 0 aliphatic carbocycles. The van der Waals surface area contributed by atoms with E-state index in [0.29, 0.717) is 11.8 Å². The molecule has 2 aliphatic heterocycles. The first kappa shape index (κ1) is 21.6. The zero-order chi connectivity index (χ0) is 22.9. The van der Waals surface area contributed by atoms with E-state index < -0.39 is 0 Å². The highest BCUT2D eigenvalue weighted by atomic mass is 19.1. The number of aromatic nitrogens is 1. The smallest absolute Gasteiger partial charge is 0.241 e. The number of amides is 1. The van der Waals surface area contributed by atoms with Crippen LogP contribution in [0.1, 0.15) is 13.3 Å². The van der Waals surface area contributed by atoms with E-state index in [9.17, 15) is 9.18 Å². The van der Waals surface area contributed by atoms with Crippen molar-refractivity contribution in [2.45, 2.75) is 19.4 Å². The van der Waals surface area contributed by atoms with Crippen LogP contribution in [0.5, 0.6) is 5.75 Å². The van der Waals surface area contributed by atoms with Gasteiger partial charge in [-0.05, 0) is 80.3 Å². The second-order valence-electron chi connectivity index (χ2n) is 9.09. The molecule has 2 fully saturated rings. The number of rotatable bonds is 5. The van der Waals surface area contributed by atoms with Crippen LogP contribution in [0.25, 0.3) is 10.9 Å². The van der Waals surface area contributed by atoms with Crippen molar-refractivity contribution in [3.63, 3.8) is 0 Å². The molecule has 2 aromatic carbocycles. The first-order valence-corrected chi connectivity index (χ1v) is 11.5. The Kier molecular flexibility index (Phi) is 5.89. The summed E-state index contributed by atoms with van der Waals surface area (Å²) in [6.07, 6.45) is 2.86. The fourth-order valence-electron chi connectivity index (χ4n) is 5.21. The number of nitrogens with zero attached hydrogens (tertiary/aromatic N) is 3. The minimum Gasteiger partial charge on any atom is -0.497 e. The van der Waals surface area contributed by atoms with Gasteiger partial charge in [-0.3, -0.25) is 14.7 Å². The van der Waals surface area contributed by atoms with Crippen LogP contribution >= 0.6 is 0 Å². The molecule has 0 bridgehead atoms. The van der Waals surface area contributed by atoms with Crippen molar-refractivity contribution in [1.29, 1.82) is 0 Å². The number of piperidine rings is 1. The molecule has 3 heterocycles. The van der Waals surface area contributed by atoms with E-state index in [0.717, 1.165) is 60.6 Å². The van der Waals surface area contributed by atoms with Crippen molar-refractivity contribution >= 4 is 28.2 Å². The van der Waals surface area contributed by atoms with E-state index in [1.165, 1.54) is 6.07 Å². The van der Waals surface area contributed by atoms with E-state index in [-0.39, 0.29) is 17.8 Å². The Morgan fingerprint density at radius 2 is 1.91 bits per heavy atom. The van der Waals surface area contributed by atoms with Gasteiger partial charge in [0.1, 0.15) is 11.6 Å². The predicted octanol–water partition coefficient (Wildman–Crippen LogP) is 4.17. The molecule has 0 saturated carbocycles. The van der Waals surface area contributed by atoms with Gasteiger partial charge in [-0.25, -0.2) is 4.39 Å². The number of likely N-dealkylation sites (tertiary alicyclic amines) is 1. The summed E-state index contributed by atoms with van der Waals surface area (Å²) in [5.41, 5.74) is 2.63. The molecule has 1 N–H and O–H groups in total. The molecule has 2 aliphatic rings. The highest BCUT2D eigenvalue weighted by Gasteiger charge is 2.39. The lowest BCUT2D eigenvalue weighted by molar-refractivity contribution is -0.121. The van der Waals surface area contributed by atoms with Crippen LogP contribution in [0.3, 0.4) is 0 Å². The Hall–Kier alpha value is -3.19. The summed E-state index contributed by atoms with van der Waals surface area (Å²) in [5, 5.41) is 3.88. The SMILES string of the molecule is COc1ccc(NC(=O)C(C)N2CCC3CN(c4ccnc5ccc(F)cc45)CC3C2)cc1. The molecule has 1 aromatic heterocycles. The largest absolute Gasteiger partial charge is 0.497 e. The fourth-order valence-corrected chi connectivity index (χ4v) is 5.21. The maximum atomic E-state index is 13.9. The number of nitrogens with one attached hydrogen (secondary N) is 1. The number of benzene rings is 2. The molecule has 7 heteroatoms. The number of pyridine rings is 1. The number of methoxy groups -OCH3 is 1. The van der Waals surface area contributed by atoms with Gasteiger partial charge in [0.25, 0.3) is 0 Å². The van der Waals surface area contributed by atoms with E-state index in [1.54, 1.807) is 25.4 Å². The zero-order valence-corrected chi connectivity index (χ0v) is 19.0. The molecule has 3 atom stereocenters. The Morgan fingerprint density at radius 3 is 2.70 bits per heavy atom. The third kappa shape index (κ3) is 4.37. The second kappa shape index (κ2) is 8.98. The van der Waals surface area contributed by atoms with Gasteiger partial charge >= 0.3 is 0 Å². The van der Waals surface area contributed by atoms with Crippen LogP contribution in [0, 0.1) is 17.7 Å². The van der Waals surface area contributed by atoms with Crippen molar-refractivity contribution in [2.75, 3.05) is 43.5 Å². The first-order chi connectivity index (χ1) is 16.0. The molecule has 2 saturated heterocycles. The minimum atomic E-state index is -0.240. The molecule has 6 nitrogen and oxygen atoms in total. The van der Waals surface area contributed by atoms with Crippen LogP contribution < -0.4 is 15.0 Å². The van der Waals surface area contributed by atoms with Crippen molar-refractivity contribution in [3.05, 3.63) is 60.5 Å². The van der Waals surface area contributed by atoms with Gasteiger partial charge in [0, 0.05) is 42.6 Å². The lowest BCUT2D eigenvalue weighted by Gasteiger charge is -2.37. The van der Waals surface area contributed by atoms with Crippen molar-refractivity contribution in [3.8, 4) is 5.75 Å². The van der Waals surface area contributed by atoms with Crippen LogP contribution in [-0.4, -0.2) is 55.1 Å². The summed E-state index contributed by atoms with van der Waals surface area (Å²) in [5.74, 6) is 1.58. The van der Waals surface area contributed by atoms with Crippen LogP contribution in [-0.2, 0) is 4.79 Å². The molecular formula is C26H29FN4O2. The summed E-state index contributed by atoms with van der Waals surface area (Å²) in [6, 6.07) is 13.9. The Bertz CT molecular complexity index is 1150. The molecular weight excluding hydrogens is 419 g/mol. The number of ether oxygens (including phenoxy) is 1. The van der Waals surface area contributed by atoms with Crippen molar-refractivity contribution < 1.29 is 13.9 Å². The van der Waals surface area contributed by atoms with E-state index >= 15 is 0 Å². The van der Waals surface area contributed by atoms with Crippen LogP contribution in [0.2, 0.25) is 0 Å². The van der Waals surface area contributed by atoms with Gasteiger partial charge in [-0.2, -0.15) is 0 Å². The van der Waals surface area contributed by atoms with Gasteiger partial charge in [0.05, 0.1) is 18.7 Å². The van der Waals surface area contributed by atoms with E-state index in [2.05, 4.69) is 20.1 Å². The van der Waals surface area contributed by atoms with E-state index in [4.69, 9.17) is 4.74 Å². The zero-order valence-electron chi connectivity index (χ0n) is 19.0. The Balaban J connectivity index is 1.25. The topological polar surface area (TPSA) is 57.7 Å². The molecule has 1 amide bonds. The minimum absolute atomic E-state index is 0.00377. The molecule has 33 heavy (non-hydrogen) atoms. The molecule has 3 aromatic rings. The summed E-state index contributed by atoms with van der Waals surface area (Å²) in [7, 11) is 1.62. The Labute approximate surface area is 193 Å². The molecule has 0 spiro atoms. The maximum Gasteiger partial charge on any atom is 0.241 e. The number of carbonyl (C=O) groups excluding carboxylic acids is 1. The number of carbonyl (C=O) groups is 1. The summed E-state index contributed by atoms with van der Waals surface area (Å²) in [6.45, 7) is 5.63. The summed E-state index contributed by atoms with van der Waals surface area (Å²) in [4.78, 5) is 21.9. The van der Waals surface area contributed by atoms with Crippen molar-refractivity contribution in [2.24, 2.45) is 11.8 Å². The monoisotopic (exact) mass is 448 g/mol. The maximum absolute atomic E-state index is 13.9. The summed E-state index contributed by atoms with van der Waals surface area (Å²) >= 11 is 0. The van der Waals surface area contributed by atoms with Crippen LogP contribution in [0.4, 0.5) is 15.8 Å². The molecule has 172 valence electrons. The third-order valence-corrected chi connectivity index (χ3v) is 7.14. The number of hydrogen-bond acceptors (Lipinski definition) is 5. The fraction of sp³-hybridized carbons (Fsp3) is 0.385. The highest BCUT2D eigenvalue weighted by Crippen LogP contribution is 2.37. The number of fused-ring (bicyclic) bond motifs is 2. The molecule has 3 unspecified atom stereocenters. The highest BCUT2D eigenvalue weighted by molar-refractivity contribution is 5.94. The average molecular weight is 449 g/mol. The molecule has 0 radical (unpaired) electrons. The van der Waals surface area contributed by atoms with E-state index in [1.807, 2.05) is 37.3 Å². The predicted molar refractivity (Wildman–Crippen MR) is 128 cm³/mol. The lowest BCUT2D eigenvalue weighted by atomic mass is 9.88. The average Bonchev–Trinajstić information content (AvgIpc) is 3.26. The number of halogens is 1. The number of anilines is 2. The Morgan fingerprint density at radius 1 is 1.12 bits per heavy atom. The van der Waals surface area contributed by atoms with Crippen molar-refractivity contribution in [1.82, 2.24) is 9.88 Å². The number of hydrogen-bond donors (Lipinski definition) is 1. The third-order valence-electron chi connectivity index (χ3n) is 7.14. The van der Waals surface area contributed by atoms with Gasteiger partial charge < -0.3 is 15.0 Å². The van der Waals surface area contributed by atoms with Gasteiger partial charge in [0.2, 0.25) is 5.91 Å². The normalized spacial score (nSPS) is 21.6. The van der Waals surface area contributed by atoms with Gasteiger partial charge in [-0.15, -0.1) is 0 Å². The second-order valence-corrected chi connectivity index (χ2v) is 9.09. The van der Waals surface area contributed by atoms with Crippen LogP contribution in [0.15, 0.2) is 54.7 Å². The standard InChI is InChI=1S/C26H29FN4O2/c1-17(26(32)29-21-4-6-22(33-2)7-5-21)30-12-10-18-14-31(16-19(18)15-30)25-9-11-28-24-8-3-20(27)13-23(24)25/h3-9,11,13,17-19H,10,12,14-16H2,1-2H3,(H,29,32). The first-order valence-electron chi connectivity index (χ1n) is 11.5. The quantitative estimate of drug-likeness (QED) is 0.635. The van der Waals surface area contributed by atoms with Gasteiger partial charge in [-0.1, -0.05) is 0 Å². The van der Waals surface area contributed by atoms with Gasteiger partial charge in [0.15, 0.2) is 0 Å². The summed E-state index contributed by atoms with van der Waals surface area (Å²) < 4.78 is 19.1.